The van der Waals surface area contributed by atoms with Crippen LogP contribution in [0, 0.1) is 0 Å². The average molecular weight is 359 g/mol. The molecule has 6 heteroatoms. The van der Waals surface area contributed by atoms with Crippen LogP contribution in [-0.2, 0) is 22.5 Å². The van der Waals surface area contributed by atoms with Crippen LogP contribution in [0.15, 0.2) is 42.5 Å². The summed E-state index contributed by atoms with van der Waals surface area (Å²) in [5, 5.41) is 3.47. The summed E-state index contributed by atoms with van der Waals surface area (Å²) in [5.74, 6) is -0.451. The summed E-state index contributed by atoms with van der Waals surface area (Å²) in [6, 6.07) is 13.0. The van der Waals surface area contributed by atoms with Crippen LogP contribution in [0.4, 0.5) is 5.69 Å². The first-order valence-electron chi connectivity index (χ1n) is 8.05. The van der Waals surface area contributed by atoms with Gasteiger partial charge in [0.25, 0.3) is 0 Å². The minimum absolute atomic E-state index is 0.00552. The topological polar surface area (TPSA) is 58.6 Å². The highest BCUT2D eigenvalue weighted by Gasteiger charge is 2.20. The fraction of sp³-hybridized carbons (Fsp3) is 0.263. The summed E-state index contributed by atoms with van der Waals surface area (Å²) < 4.78 is 4.70. The molecule has 0 aromatic heterocycles. The second-order valence-electron chi connectivity index (χ2n) is 5.87. The number of carbonyl (C=O) groups is 2. The molecule has 130 valence electrons. The third kappa shape index (κ3) is 3.94. The highest BCUT2D eigenvalue weighted by atomic mass is 35.5. The van der Waals surface area contributed by atoms with Crippen molar-refractivity contribution in [2.75, 3.05) is 25.5 Å². The van der Waals surface area contributed by atoms with Gasteiger partial charge in [0.15, 0.2) is 0 Å². The lowest BCUT2D eigenvalue weighted by atomic mass is 10.00. The number of ether oxygens (including phenoxy) is 1. The van der Waals surface area contributed by atoms with E-state index in [4.69, 9.17) is 16.3 Å². The first-order valence-corrected chi connectivity index (χ1v) is 8.42. The first kappa shape index (κ1) is 17.3. The summed E-state index contributed by atoms with van der Waals surface area (Å²) in [7, 11) is 1.32. The fourth-order valence-corrected chi connectivity index (χ4v) is 3.08. The monoisotopic (exact) mass is 358 g/mol. The number of halogens is 1. The van der Waals surface area contributed by atoms with E-state index in [1.165, 1.54) is 18.2 Å². The van der Waals surface area contributed by atoms with Crippen LogP contribution >= 0.6 is 11.6 Å². The second-order valence-corrected chi connectivity index (χ2v) is 6.28. The van der Waals surface area contributed by atoms with E-state index in [2.05, 4.69) is 17.4 Å². The Hall–Kier alpha value is -2.53. The van der Waals surface area contributed by atoms with Crippen molar-refractivity contribution in [2.24, 2.45) is 0 Å². The van der Waals surface area contributed by atoms with Crippen LogP contribution in [0.3, 0.4) is 0 Å². The molecule has 0 spiro atoms. The molecule has 25 heavy (non-hydrogen) atoms. The molecule has 0 radical (unpaired) electrons. The molecule has 0 saturated heterocycles. The molecule has 0 atom stereocenters. The molecule has 1 amide bonds. The molecular weight excluding hydrogens is 340 g/mol. The predicted molar refractivity (Wildman–Crippen MR) is 96.8 cm³/mol. The number of amides is 1. The van der Waals surface area contributed by atoms with Crippen LogP contribution in [0.5, 0.6) is 0 Å². The van der Waals surface area contributed by atoms with E-state index in [1.54, 1.807) is 18.2 Å². The number of anilines is 1. The lowest BCUT2D eigenvalue weighted by Crippen LogP contribution is -2.39. The van der Waals surface area contributed by atoms with Gasteiger partial charge in [-0.05, 0) is 35.7 Å². The van der Waals surface area contributed by atoms with E-state index in [-0.39, 0.29) is 12.5 Å². The zero-order valence-corrected chi connectivity index (χ0v) is 14.7. The number of benzene rings is 2. The number of nitrogens with one attached hydrogen (secondary N) is 1. The van der Waals surface area contributed by atoms with Gasteiger partial charge in [-0.1, -0.05) is 35.9 Å². The summed E-state index contributed by atoms with van der Waals surface area (Å²) in [4.78, 5) is 25.9. The normalized spacial score (nSPS) is 13.1. The van der Waals surface area contributed by atoms with Gasteiger partial charge in [-0.25, -0.2) is 4.79 Å². The third-order valence-electron chi connectivity index (χ3n) is 4.30. The number of methoxy groups -OCH3 is 1. The molecule has 1 heterocycles. The van der Waals surface area contributed by atoms with Crippen LogP contribution in [0.1, 0.15) is 21.5 Å². The summed E-state index contributed by atoms with van der Waals surface area (Å²) >= 11 is 6.14. The third-order valence-corrected chi connectivity index (χ3v) is 4.63. The van der Waals surface area contributed by atoms with Gasteiger partial charge in [-0.2, -0.15) is 0 Å². The molecule has 1 aliphatic heterocycles. The van der Waals surface area contributed by atoms with Gasteiger partial charge in [0.05, 0.1) is 29.9 Å². The Bertz CT molecular complexity index is 807. The molecule has 0 unspecified atom stereocenters. The van der Waals surface area contributed by atoms with Crippen molar-refractivity contribution < 1.29 is 14.3 Å². The number of carbonyl (C=O) groups excluding carboxylic acids is 2. The molecule has 0 bridgehead atoms. The molecule has 3 rings (SSSR count). The van der Waals surface area contributed by atoms with Gasteiger partial charge in [-0.15, -0.1) is 0 Å². The predicted octanol–water partition coefficient (Wildman–Crippen LogP) is 3.12. The van der Waals surface area contributed by atoms with Crippen LogP contribution in [-0.4, -0.2) is 37.0 Å². The molecule has 1 aliphatic rings. The zero-order chi connectivity index (χ0) is 17.8. The Morgan fingerprint density at radius 2 is 1.96 bits per heavy atom. The Morgan fingerprint density at radius 3 is 2.72 bits per heavy atom. The standard InChI is InChI=1S/C19H19ClN2O3/c1-25-19(24)14-6-7-16(20)17(10-14)21-11-18(23)22-9-8-13-4-2-3-5-15(13)12-22/h2-7,10,21H,8-9,11-12H2,1H3. The zero-order valence-electron chi connectivity index (χ0n) is 13.9. The van der Waals surface area contributed by atoms with Crippen molar-refractivity contribution >= 4 is 29.2 Å². The highest BCUT2D eigenvalue weighted by Crippen LogP contribution is 2.24. The molecule has 0 saturated carbocycles. The van der Waals surface area contributed by atoms with Crippen LogP contribution in [0.2, 0.25) is 5.02 Å². The number of fused-ring (bicyclic) bond motifs is 1. The summed E-state index contributed by atoms with van der Waals surface area (Å²) in [6.07, 6.45) is 0.862. The van der Waals surface area contributed by atoms with Crippen LogP contribution < -0.4 is 5.32 Å². The van der Waals surface area contributed by atoms with Gasteiger partial charge in [0, 0.05) is 13.1 Å². The quantitative estimate of drug-likeness (QED) is 0.853. The molecule has 5 nitrogen and oxygen atoms in total. The maximum absolute atomic E-state index is 12.5. The number of esters is 1. The summed E-state index contributed by atoms with van der Waals surface area (Å²) in [6.45, 7) is 1.44. The highest BCUT2D eigenvalue weighted by molar-refractivity contribution is 6.33. The van der Waals surface area contributed by atoms with Crippen molar-refractivity contribution in [2.45, 2.75) is 13.0 Å². The van der Waals surface area contributed by atoms with Crippen molar-refractivity contribution in [3.8, 4) is 0 Å². The minimum atomic E-state index is -0.446. The Balaban J connectivity index is 1.64. The molecule has 2 aromatic rings. The van der Waals surface area contributed by atoms with Gasteiger partial charge in [-0.3, -0.25) is 4.79 Å². The van der Waals surface area contributed by atoms with E-state index in [0.29, 0.717) is 29.4 Å². The van der Waals surface area contributed by atoms with Crippen LogP contribution in [0.25, 0.3) is 0 Å². The van der Waals surface area contributed by atoms with Gasteiger partial charge < -0.3 is 15.0 Å². The lowest BCUT2D eigenvalue weighted by molar-refractivity contribution is -0.130. The average Bonchev–Trinajstić information content (AvgIpc) is 2.66. The number of hydrogen-bond donors (Lipinski definition) is 1. The maximum atomic E-state index is 12.5. The SMILES string of the molecule is COC(=O)c1ccc(Cl)c(NCC(=O)N2CCc3ccccc3C2)c1. The molecular formula is C19H19ClN2O3. The Morgan fingerprint density at radius 1 is 1.20 bits per heavy atom. The Labute approximate surface area is 151 Å². The van der Waals surface area contributed by atoms with Crippen molar-refractivity contribution in [1.82, 2.24) is 4.90 Å². The lowest BCUT2D eigenvalue weighted by Gasteiger charge is -2.29. The minimum Gasteiger partial charge on any atom is -0.465 e. The van der Waals surface area contributed by atoms with Gasteiger partial charge >= 0.3 is 5.97 Å². The van der Waals surface area contributed by atoms with E-state index < -0.39 is 5.97 Å². The van der Waals surface area contributed by atoms with E-state index >= 15 is 0 Å². The van der Waals surface area contributed by atoms with E-state index in [0.717, 1.165) is 6.42 Å². The second kappa shape index (κ2) is 7.57. The summed E-state index contributed by atoms with van der Waals surface area (Å²) in [5.41, 5.74) is 3.41. The number of rotatable bonds is 4. The maximum Gasteiger partial charge on any atom is 0.337 e. The molecule has 0 fully saturated rings. The fourth-order valence-electron chi connectivity index (χ4n) is 2.90. The number of hydrogen-bond acceptors (Lipinski definition) is 4. The largest absolute Gasteiger partial charge is 0.465 e. The van der Waals surface area contributed by atoms with Crippen molar-refractivity contribution in [3.05, 3.63) is 64.2 Å². The number of nitrogens with zero attached hydrogens (tertiary/aromatic N) is 1. The molecule has 2 aromatic carbocycles. The van der Waals surface area contributed by atoms with Gasteiger partial charge in [0.1, 0.15) is 0 Å². The first-order chi connectivity index (χ1) is 12.1. The molecule has 1 N–H and O–H groups in total. The smallest absolute Gasteiger partial charge is 0.337 e. The Kier molecular flexibility index (Phi) is 5.24. The van der Waals surface area contributed by atoms with E-state index in [1.807, 2.05) is 17.0 Å². The van der Waals surface area contributed by atoms with Crippen molar-refractivity contribution in [3.63, 3.8) is 0 Å². The van der Waals surface area contributed by atoms with Gasteiger partial charge in [0.2, 0.25) is 5.91 Å². The van der Waals surface area contributed by atoms with E-state index in [9.17, 15) is 9.59 Å². The molecule has 0 aliphatic carbocycles. The van der Waals surface area contributed by atoms with Crippen molar-refractivity contribution in [1.29, 1.82) is 0 Å².